The van der Waals surface area contributed by atoms with E-state index >= 15 is 0 Å². The molecule has 1 amide bonds. The zero-order valence-electron chi connectivity index (χ0n) is 17.1. The minimum atomic E-state index is -0.475. The summed E-state index contributed by atoms with van der Waals surface area (Å²) in [5, 5.41) is 12.2. The molecule has 3 aromatic rings. The van der Waals surface area contributed by atoms with E-state index in [0.29, 0.717) is 24.2 Å². The van der Waals surface area contributed by atoms with Crippen LogP contribution in [0.5, 0.6) is 0 Å². The molecule has 1 fully saturated rings. The largest absolute Gasteiger partial charge is 0.418 e. The molecule has 0 saturated carbocycles. The SMILES string of the molecule is Cc1nn(C)c(=O)c(C(=O)N2CCCC[C@H]2c2nnc(-c3ccccc3F)o2)c1C. The first-order chi connectivity index (χ1) is 14.4. The van der Waals surface area contributed by atoms with E-state index in [1.807, 2.05) is 0 Å². The van der Waals surface area contributed by atoms with E-state index in [9.17, 15) is 14.0 Å². The topological polar surface area (TPSA) is 94.1 Å². The maximum absolute atomic E-state index is 14.1. The van der Waals surface area contributed by atoms with Crippen molar-refractivity contribution >= 4 is 5.91 Å². The molecule has 0 N–H and O–H groups in total. The molecule has 156 valence electrons. The number of aromatic nitrogens is 4. The molecule has 0 bridgehead atoms. The minimum Gasteiger partial charge on any atom is -0.418 e. The van der Waals surface area contributed by atoms with E-state index in [0.717, 1.165) is 12.8 Å². The molecule has 1 saturated heterocycles. The van der Waals surface area contributed by atoms with E-state index < -0.39 is 17.4 Å². The van der Waals surface area contributed by atoms with Gasteiger partial charge in [-0.1, -0.05) is 12.1 Å². The monoisotopic (exact) mass is 411 g/mol. The number of aryl methyl sites for hydroxylation is 2. The van der Waals surface area contributed by atoms with Crippen LogP contribution in [0.1, 0.15) is 52.8 Å². The number of halogens is 1. The summed E-state index contributed by atoms with van der Waals surface area (Å²) in [7, 11) is 1.53. The number of piperidine rings is 1. The third-order valence-electron chi connectivity index (χ3n) is 5.53. The maximum atomic E-state index is 14.1. The Morgan fingerprint density at radius 2 is 1.97 bits per heavy atom. The van der Waals surface area contributed by atoms with Gasteiger partial charge in [-0.15, -0.1) is 10.2 Å². The van der Waals surface area contributed by atoms with Gasteiger partial charge in [0.2, 0.25) is 5.89 Å². The summed E-state index contributed by atoms with van der Waals surface area (Å²) in [6, 6.07) is 5.67. The number of rotatable bonds is 3. The highest BCUT2D eigenvalue weighted by Gasteiger charge is 2.35. The van der Waals surface area contributed by atoms with Gasteiger partial charge in [-0.25, -0.2) is 9.07 Å². The Labute approximate surface area is 172 Å². The van der Waals surface area contributed by atoms with E-state index in [4.69, 9.17) is 4.42 Å². The summed E-state index contributed by atoms with van der Waals surface area (Å²) in [6.45, 7) is 3.95. The van der Waals surface area contributed by atoms with E-state index in [1.54, 1.807) is 36.9 Å². The van der Waals surface area contributed by atoms with Crippen LogP contribution in [0.3, 0.4) is 0 Å². The quantitative estimate of drug-likeness (QED) is 0.658. The van der Waals surface area contributed by atoms with Crippen LogP contribution in [0.25, 0.3) is 11.5 Å². The van der Waals surface area contributed by atoms with Crippen molar-refractivity contribution in [1.82, 2.24) is 24.9 Å². The fourth-order valence-electron chi connectivity index (χ4n) is 3.79. The molecule has 3 heterocycles. The predicted octanol–water partition coefficient (Wildman–Crippen LogP) is 2.95. The lowest BCUT2D eigenvalue weighted by Gasteiger charge is -2.33. The molecular weight excluding hydrogens is 389 g/mol. The highest BCUT2D eigenvalue weighted by Crippen LogP contribution is 2.33. The number of hydrogen-bond donors (Lipinski definition) is 0. The molecule has 8 nitrogen and oxygen atoms in total. The zero-order chi connectivity index (χ0) is 21.4. The highest BCUT2D eigenvalue weighted by molar-refractivity contribution is 5.95. The Bertz CT molecular complexity index is 1170. The first-order valence-electron chi connectivity index (χ1n) is 9.82. The molecular formula is C21H22FN5O3. The molecule has 0 unspecified atom stereocenters. The van der Waals surface area contributed by atoms with Gasteiger partial charge in [0.05, 0.1) is 11.3 Å². The minimum absolute atomic E-state index is 0.0629. The van der Waals surface area contributed by atoms with Crippen molar-refractivity contribution in [3.8, 4) is 11.5 Å². The van der Waals surface area contributed by atoms with Crippen LogP contribution in [-0.4, -0.2) is 37.3 Å². The van der Waals surface area contributed by atoms with Crippen molar-refractivity contribution in [2.24, 2.45) is 7.05 Å². The average molecular weight is 411 g/mol. The zero-order valence-corrected chi connectivity index (χ0v) is 17.1. The molecule has 0 spiro atoms. The summed E-state index contributed by atoms with van der Waals surface area (Å²) >= 11 is 0. The summed E-state index contributed by atoms with van der Waals surface area (Å²) in [6.07, 6.45) is 2.30. The Kier molecular flexibility index (Phi) is 5.19. The highest BCUT2D eigenvalue weighted by atomic mass is 19.1. The molecule has 0 radical (unpaired) electrons. The van der Waals surface area contributed by atoms with E-state index in [2.05, 4.69) is 15.3 Å². The Morgan fingerprint density at radius 1 is 1.20 bits per heavy atom. The number of carbonyl (C=O) groups is 1. The second-order valence-corrected chi connectivity index (χ2v) is 7.45. The molecule has 9 heteroatoms. The fraction of sp³-hybridized carbons (Fsp3) is 0.381. The first kappa shape index (κ1) is 19.9. The Balaban J connectivity index is 1.71. The van der Waals surface area contributed by atoms with Crippen LogP contribution < -0.4 is 5.56 Å². The van der Waals surface area contributed by atoms with Crippen molar-refractivity contribution in [2.75, 3.05) is 6.54 Å². The molecule has 1 aliphatic heterocycles. The standard InChI is InChI=1S/C21H22FN5O3/c1-12-13(2)25-26(3)20(28)17(12)21(29)27-11-7-6-10-16(27)19-24-23-18(30-19)14-8-4-5-9-15(14)22/h4-5,8-9,16H,6-7,10-11H2,1-3H3/t16-/m0/s1. The van der Waals surface area contributed by atoms with E-state index in [1.165, 1.54) is 17.8 Å². The lowest BCUT2D eigenvalue weighted by molar-refractivity contribution is 0.0568. The van der Waals surface area contributed by atoms with Crippen molar-refractivity contribution in [3.05, 3.63) is 63.1 Å². The first-order valence-corrected chi connectivity index (χ1v) is 9.82. The number of hydrogen-bond acceptors (Lipinski definition) is 6. The number of likely N-dealkylation sites (tertiary alicyclic amines) is 1. The van der Waals surface area contributed by atoms with Crippen LogP contribution >= 0.6 is 0 Å². The molecule has 2 aromatic heterocycles. The number of benzene rings is 1. The second kappa shape index (κ2) is 7.81. The van der Waals surface area contributed by atoms with Crippen molar-refractivity contribution in [3.63, 3.8) is 0 Å². The summed E-state index contributed by atoms with van der Waals surface area (Å²) in [5.41, 5.74) is 1.05. The third kappa shape index (κ3) is 3.40. The van der Waals surface area contributed by atoms with Gasteiger partial charge < -0.3 is 9.32 Å². The smallest absolute Gasteiger partial charge is 0.279 e. The summed E-state index contributed by atoms with van der Waals surface area (Å²) in [5.74, 6) is -0.543. The van der Waals surface area contributed by atoms with Gasteiger partial charge in [-0.05, 0) is 50.8 Å². The average Bonchev–Trinajstić information content (AvgIpc) is 3.22. The fourth-order valence-corrected chi connectivity index (χ4v) is 3.79. The second-order valence-electron chi connectivity index (χ2n) is 7.45. The van der Waals surface area contributed by atoms with Gasteiger partial charge in [0.1, 0.15) is 17.4 Å². The third-order valence-corrected chi connectivity index (χ3v) is 5.53. The number of carbonyl (C=O) groups excluding carboxylic acids is 1. The van der Waals surface area contributed by atoms with Crippen molar-refractivity contribution < 1.29 is 13.6 Å². The van der Waals surface area contributed by atoms with Gasteiger partial charge in [0.15, 0.2) is 0 Å². The summed E-state index contributed by atoms with van der Waals surface area (Å²) < 4.78 is 21.0. The van der Waals surface area contributed by atoms with Crippen LogP contribution in [0, 0.1) is 19.7 Å². The van der Waals surface area contributed by atoms with Crippen molar-refractivity contribution in [2.45, 2.75) is 39.2 Å². The molecule has 1 aliphatic rings. The lowest BCUT2D eigenvalue weighted by Crippen LogP contribution is -2.42. The summed E-state index contributed by atoms with van der Waals surface area (Å²) in [4.78, 5) is 27.7. The van der Waals surface area contributed by atoms with Gasteiger partial charge in [0, 0.05) is 13.6 Å². The van der Waals surface area contributed by atoms with Crippen LogP contribution in [-0.2, 0) is 7.05 Å². The van der Waals surface area contributed by atoms with Gasteiger partial charge in [0.25, 0.3) is 17.4 Å². The normalized spacial score (nSPS) is 16.7. The van der Waals surface area contributed by atoms with E-state index in [-0.39, 0.29) is 28.8 Å². The van der Waals surface area contributed by atoms with Crippen LogP contribution in [0.15, 0.2) is 33.5 Å². The van der Waals surface area contributed by atoms with Crippen LogP contribution in [0.4, 0.5) is 4.39 Å². The molecule has 4 rings (SSSR count). The van der Waals surface area contributed by atoms with Crippen LogP contribution in [0.2, 0.25) is 0 Å². The van der Waals surface area contributed by atoms with Gasteiger partial charge >= 0.3 is 0 Å². The number of amides is 1. The Morgan fingerprint density at radius 3 is 2.73 bits per heavy atom. The number of nitrogens with zero attached hydrogens (tertiary/aromatic N) is 5. The molecule has 1 aromatic carbocycles. The molecule has 1 atom stereocenters. The maximum Gasteiger partial charge on any atom is 0.279 e. The Hall–Kier alpha value is -3.36. The van der Waals surface area contributed by atoms with Gasteiger partial charge in [-0.2, -0.15) is 5.10 Å². The predicted molar refractivity (Wildman–Crippen MR) is 106 cm³/mol. The molecule has 0 aliphatic carbocycles. The van der Waals surface area contributed by atoms with Crippen molar-refractivity contribution in [1.29, 1.82) is 0 Å². The van der Waals surface area contributed by atoms with Gasteiger partial charge in [-0.3, -0.25) is 9.59 Å². The molecule has 30 heavy (non-hydrogen) atoms. The lowest BCUT2D eigenvalue weighted by atomic mass is 9.99.